The van der Waals surface area contributed by atoms with E-state index in [0.717, 1.165) is 0 Å². The van der Waals surface area contributed by atoms with Crippen LogP contribution < -0.4 is 11.3 Å². The van der Waals surface area contributed by atoms with Crippen LogP contribution in [0.5, 0.6) is 0 Å². The predicted octanol–water partition coefficient (Wildman–Crippen LogP) is 1.13. The van der Waals surface area contributed by atoms with Crippen LogP contribution in [-0.4, -0.2) is 14.5 Å². The molecule has 84 valence electrons. The Morgan fingerprint density at radius 1 is 1.31 bits per heavy atom. The fourth-order valence-electron chi connectivity index (χ4n) is 1.55. The first-order valence-electron chi connectivity index (χ1n) is 5.03. The molecular weight excluding hydrogens is 204 g/mol. The van der Waals surface area contributed by atoms with Crippen molar-refractivity contribution in [2.45, 2.75) is 26.3 Å². The lowest BCUT2D eigenvalue weighted by Gasteiger charge is -2.21. The van der Waals surface area contributed by atoms with Crippen molar-refractivity contribution in [1.82, 2.24) is 14.5 Å². The molecule has 0 aliphatic carbocycles. The minimum atomic E-state index is -0.295. The van der Waals surface area contributed by atoms with Gasteiger partial charge in [0.25, 0.3) is 5.56 Å². The quantitative estimate of drug-likeness (QED) is 0.719. The van der Waals surface area contributed by atoms with Gasteiger partial charge in [0.15, 0.2) is 0 Å². The third kappa shape index (κ3) is 1.54. The molecule has 16 heavy (non-hydrogen) atoms. The molecule has 5 nitrogen and oxygen atoms in total. The van der Waals surface area contributed by atoms with Crippen molar-refractivity contribution in [3.8, 4) is 0 Å². The van der Waals surface area contributed by atoms with Gasteiger partial charge in [-0.1, -0.05) is 0 Å². The van der Waals surface area contributed by atoms with Crippen LogP contribution in [-0.2, 0) is 5.54 Å². The monoisotopic (exact) mass is 218 g/mol. The Labute approximate surface area is 92.9 Å². The Morgan fingerprint density at radius 2 is 2.00 bits per heavy atom. The highest BCUT2D eigenvalue weighted by molar-refractivity contribution is 5.85. The summed E-state index contributed by atoms with van der Waals surface area (Å²) in [6, 6.07) is 1.64. The third-order valence-corrected chi connectivity index (χ3v) is 2.43. The summed E-state index contributed by atoms with van der Waals surface area (Å²) >= 11 is 0. The molecule has 0 saturated heterocycles. The van der Waals surface area contributed by atoms with Gasteiger partial charge in [-0.05, 0) is 26.8 Å². The van der Waals surface area contributed by atoms with Gasteiger partial charge >= 0.3 is 0 Å². The van der Waals surface area contributed by atoms with Crippen molar-refractivity contribution in [2.75, 3.05) is 5.73 Å². The Hall–Kier alpha value is -1.91. The van der Waals surface area contributed by atoms with E-state index in [1.807, 2.05) is 20.8 Å². The highest BCUT2D eigenvalue weighted by Gasteiger charge is 2.16. The fourth-order valence-corrected chi connectivity index (χ4v) is 1.55. The van der Waals surface area contributed by atoms with Gasteiger partial charge in [0.2, 0.25) is 0 Å². The normalized spacial score (nSPS) is 11.9. The third-order valence-electron chi connectivity index (χ3n) is 2.43. The highest BCUT2D eigenvalue weighted by atomic mass is 16.1. The van der Waals surface area contributed by atoms with E-state index in [9.17, 15) is 4.79 Å². The van der Waals surface area contributed by atoms with Crippen molar-refractivity contribution in [1.29, 1.82) is 0 Å². The van der Waals surface area contributed by atoms with E-state index >= 15 is 0 Å². The zero-order chi connectivity index (χ0) is 11.9. The molecule has 0 aliphatic heterocycles. The smallest absolute Gasteiger partial charge is 0.261 e. The van der Waals surface area contributed by atoms with E-state index in [1.165, 1.54) is 12.5 Å². The molecule has 0 atom stereocenters. The van der Waals surface area contributed by atoms with Crippen LogP contribution in [0.1, 0.15) is 20.8 Å². The van der Waals surface area contributed by atoms with Crippen LogP contribution >= 0.6 is 0 Å². The molecule has 2 N–H and O–H groups in total. The van der Waals surface area contributed by atoms with Crippen LogP contribution in [0, 0.1) is 0 Å². The summed E-state index contributed by atoms with van der Waals surface area (Å²) in [6.07, 6.45) is 3.04. The molecule has 5 heteroatoms. The summed E-state index contributed by atoms with van der Waals surface area (Å²) in [4.78, 5) is 20.3. The van der Waals surface area contributed by atoms with Crippen LogP contribution in [0.15, 0.2) is 23.4 Å². The van der Waals surface area contributed by atoms with Crippen LogP contribution in [0.3, 0.4) is 0 Å². The number of nitrogen functional groups attached to an aromatic ring is 1. The number of nitrogens with two attached hydrogens (primary N) is 1. The van der Waals surface area contributed by atoms with Gasteiger partial charge in [0, 0.05) is 11.7 Å². The zero-order valence-electron chi connectivity index (χ0n) is 9.56. The first-order valence-corrected chi connectivity index (χ1v) is 5.03. The molecule has 2 heterocycles. The number of anilines is 1. The Kier molecular flexibility index (Phi) is 2.18. The number of fused-ring (bicyclic) bond motifs is 1. The van der Waals surface area contributed by atoms with Crippen molar-refractivity contribution in [3.05, 3.63) is 28.9 Å². The lowest BCUT2D eigenvalue weighted by atomic mass is 10.1. The average molecular weight is 218 g/mol. The molecule has 0 fully saturated rings. The number of aromatic nitrogens is 3. The van der Waals surface area contributed by atoms with Crippen molar-refractivity contribution >= 4 is 16.7 Å². The topological polar surface area (TPSA) is 73.8 Å². The van der Waals surface area contributed by atoms with Crippen molar-refractivity contribution in [3.63, 3.8) is 0 Å². The Bertz CT molecular complexity index is 595. The SMILES string of the molecule is CC(C)(C)n1cnc2c(N)nccc2c1=O. The van der Waals surface area contributed by atoms with Gasteiger partial charge in [-0.2, -0.15) is 0 Å². The van der Waals surface area contributed by atoms with E-state index < -0.39 is 0 Å². The van der Waals surface area contributed by atoms with Gasteiger partial charge in [0.05, 0.1) is 11.7 Å². The summed E-state index contributed by atoms with van der Waals surface area (Å²) in [6.45, 7) is 5.85. The van der Waals surface area contributed by atoms with Crippen LogP contribution in [0.2, 0.25) is 0 Å². The second-order valence-corrected chi connectivity index (χ2v) is 4.68. The van der Waals surface area contributed by atoms with Gasteiger partial charge < -0.3 is 5.73 Å². The van der Waals surface area contributed by atoms with Crippen LogP contribution in [0.4, 0.5) is 5.82 Å². The second-order valence-electron chi connectivity index (χ2n) is 4.68. The molecule has 2 aromatic heterocycles. The lowest BCUT2D eigenvalue weighted by Crippen LogP contribution is -2.34. The molecule has 2 rings (SSSR count). The summed E-state index contributed by atoms with van der Waals surface area (Å²) in [5.41, 5.74) is 5.74. The molecule has 0 unspecified atom stereocenters. The molecule has 0 aliphatic rings. The number of nitrogens with zero attached hydrogens (tertiary/aromatic N) is 3. The maximum absolute atomic E-state index is 12.2. The molecular formula is C11H14N4O. The zero-order valence-corrected chi connectivity index (χ0v) is 9.56. The van der Waals surface area contributed by atoms with Crippen LogP contribution in [0.25, 0.3) is 10.9 Å². The maximum Gasteiger partial charge on any atom is 0.261 e. The van der Waals surface area contributed by atoms with Gasteiger partial charge in [-0.3, -0.25) is 9.36 Å². The summed E-state index contributed by atoms with van der Waals surface area (Å²) in [5, 5.41) is 0.505. The van der Waals surface area contributed by atoms with Gasteiger partial charge in [-0.25, -0.2) is 9.97 Å². The first kappa shape index (κ1) is 10.6. The second kappa shape index (κ2) is 3.30. The highest BCUT2D eigenvalue weighted by Crippen LogP contribution is 2.15. The summed E-state index contributed by atoms with van der Waals surface area (Å²) in [5.74, 6) is 0.288. The summed E-state index contributed by atoms with van der Waals surface area (Å²) in [7, 11) is 0. The number of pyridine rings is 1. The minimum Gasteiger partial charge on any atom is -0.382 e. The maximum atomic E-state index is 12.2. The van der Waals surface area contributed by atoms with E-state index in [0.29, 0.717) is 10.9 Å². The van der Waals surface area contributed by atoms with E-state index in [-0.39, 0.29) is 16.9 Å². The van der Waals surface area contributed by atoms with E-state index in [4.69, 9.17) is 5.73 Å². The standard InChI is InChI=1S/C11H14N4O/c1-11(2,3)15-6-14-8-7(10(15)16)4-5-13-9(8)12/h4-6H,1-3H3,(H2,12,13). The average Bonchev–Trinajstić information content (AvgIpc) is 2.18. The number of hydrogen-bond acceptors (Lipinski definition) is 4. The van der Waals surface area contributed by atoms with E-state index in [2.05, 4.69) is 9.97 Å². The Balaban J connectivity index is 2.87. The molecule has 2 aromatic rings. The molecule has 0 bridgehead atoms. The Morgan fingerprint density at radius 3 is 2.62 bits per heavy atom. The lowest BCUT2D eigenvalue weighted by molar-refractivity contribution is 0.382. The number of hydrogen-bond donors (Lipinski definition) is 1. The van der Waals surface area contributed by atoms with Gasteiger partial charge in [0.1, 0.15) is 11.3 Å². The largest absolute Gasteiger partial charge is 0.382 e. The fraction of sp³-hybridized carbons (Fsp3) is 0.364. The first-order chi connectivity index (χ1) is 7.41. The molecule has 0 saturated carbocycles. The molecule has 0 amide bonds. The van der Waals surface area contributed by atoms with Crippen molar-refractivity contribution < 1.29 is 0 Å². The molecule has 0 spiro atoms. The predicted molar refractivity (Wildman–Crippen MR) is 63.2 cm³/mol. The molecule has 0 aromatic carbocycles. The number of rotatable bonds is 0. The summed E-state index contributed by atoms with van der Waals surface area (Å²) < 4.78 is 1.59. The van der Waals surface area contributed by atoms with E-state index in [1.54, 1.807) is 10.6 Å². The van der Waals surface area contributed by atoms with Gasteiger partial charge in [-0.15, -0.1) is 0 Å². The molecule has 0 radical (unpaired) electrons. The minimum absolute atomic E-state index is 0.0911. The van der Waals surface area contributed by atoms with Crippen molar-refractivity contribution in [2.24, 2.45) is 0 Å².